The van der Waals surface area contributed by atoms with Crippen LogP contribution in [0.5, 0.6) is 5.75 Å². The Labute approximate surface area is 112 Å². The molecule has 0 N–H and O–H groups in total. The molecule has 2 aromatic carbocycles. The number of fused-ring (bicyclic) bond motifs is 1. The molecule has 2 heteroatoms. The highest BCUT2D eigenvalue weighted by Gasteiger charge is 2.13. The van der Waals surface area contributed by atoms with Crippen LogP contribution in [0.15, 0.2) is 65.3 Å². The molecule has 1 heterocycles. The second kappa shape index (κ2) is 5.19. The normalized spacial score (nSPS) is 12.5. The maximum absolute atomic E-state index is 6.10. The van der Waals surface area contributed by atoms with E-state index in [1.807, 2.05) is 42.5 Å². The smallest absolute Gasteiger partial charge is 0.137 e. The van der Waals surface area contributed by atoms with Gasteiger partial charge in [-0.1, -0.05) is 36.4 Å². The second-order valence-corrected chi connectivity index (χ2v) is 4.39. The lowest BCUT2D eigenvalue weighted by Gasteiger charge is -2.18. The average molecular weight is 251 g/mol. The van der Waals surface area contributed by atoms with E-state index in [0.717, 1.165) is 22.3 Å². The minimum absolute atomic E-state index is 0.0401. The summed E-state index contributed by atoms with van der Waals surface area (Å²) in [4.78, 5) is 0. The maximum atomic E-state index is 6.10. The number of hydrogen-bond acceptors (Lipinski definition) is 2. The molecule has 95 valence electrons. The van der Waals surface area contributed by atoms with Gasteiger partial charge in [0.1, 0.15) is 17.4 Å². The van der Waals surface area contributed by atoms with E-state index in [1.54, 1.807) is 6.26 Å². The fourth-order valence-corrected chi connectivity index (χ4v) is 2.18. The standard InChI is InChI=1S/C17H15O2/c1-2-15(13-7-4-3-5-8-13)19-17-10-6-9-16-14(17)11-12-18-16/h3-12,15H,1-2H2/t15-/m0/s1. The first-order chi connectivity index (χ1) is 9.38. The fraction of sp³-hybridized carbons (Fsp3) is 0.118. The van der Waals surface area contributed by atoms with Crippen molar-refractivity contribution in [2.45, 2.75) is 12.5 Å². The Morgan fingerprint density at radius 2 is 1.84 bits per heavy atom. The van der Waals surface area contributed by atoms with Crippen molar-refractivity contribution in [3.63, 3.8) is 0 Å². The lowest BCUT2D eigenvalue weighted by Crippen LogP contribution is -2.06. The molecule has 3 rings (SSSR count). The molecule has 0 saturated carbocycles. The van der Waals surface area contributed by atoms with Crippen molar-refractivity contribution in [3.8, 4) is 5.75 Å². The third-order valence-electron chi connectivity index (χ3n) is 3.16. The van der Waals surface area contributed by atoms with Crippen LogP contribution in [-0.2, 0) is 0 Å². The minimum atomic E-state index is -0.0401. The van der Waals surface area contributed by atoms with Gasteiger partial charge in [-0.25, -0.2) is 0 Å². The predicted molar refractivity (Wildman–Crippen MR) is 76.0 cm³/mol. The molecule has 2 nitrogen and oxygen atoms in total. The van der Waals surface area contributed by atoms with Gasteiger partial charge in [0.15, 0.2) is 0 Å². The summed E-state index contributed by atoms with van der Waals surface area (Å²) in [7, 11) is 0. The molecule has 1 atom stereocenters. The van der Waals surface area contributed by atoms with Crippen LogP contribution in [0, 0.1) is 6.92 Å². The first kappa shape index (κ1) is 11.8. The number of rotatable bonds is 4. The Balaban J connectivity index is 1.93. The summed E-state index contributed by atoms with van der Waals surface area (Å²) in [6.07, 6.45) is 2.32. The van der Waals surface area contributed by atoms with Gasteiger partial charge in [-0.3, -0.25) is 0 Å². The van der Waals surface area contributed by atoms with Crippen LogP contribution in [0.25, 0.3) is 11.0 Å². The van der Waals surface area contributed by atoms with Crippen LogP contribution in [0.4, 0.5) is 0 Å². The minimum Gasteiger partial charge on any atom is -0.485 e. The van der Waals surface area contributed by atoms with Crippen LogP contribution >= 0.6 is 0 Å². The molecule has 0 aliphatic carbocycles. The zero-order chi connectivity index (χ0) is 13.1. The maximum Gasteiger partial charge on any atom is 0.137 e. The molecule has 1 radical (unpaired) electrons. The lowest BCUT2D eigenvalue weighted by molar-refractivity contribution is 0.211. The van der Waals surface area contributed by atoms with Crippen LogP contribution < -0.4 is 4.74 Å². The van der Waals surface area contributed by atoms with Crippen molar-refractivity contribution in [2.75, 3.05) is 0 Å². The summed E-state index contributed by atoms with van der Waals surface area (Å²) in [5.41, 5.74) is 1.98. The van der Waals surface area contributed by atoms with Crippen LogP contribution in [0.2, 0.25) is 0 Å². The van der Waals surface area contributed by atoms with Gasteiger partial charge in [0, 0.05) is 0 Å². The Kier molecular flexibility index (Phi) is 3.23. The number of benzene rings is 2. The summed E-state index contributed by atoms with van der Waals surface area (Å²) in [6, 6.07) is 17.9. The van der Waals surface area contributed by atoms with E-state index in [0.29, 0.717) is 6.42 Å². The molecule has 0 saturated heterocycles. The molecule has 0 aliphatic rings. The predicted octanol–water partition coefficient (Wildman–Crippen LogP) is 4.78. The first-order valence-corrected chi connectivity index (χ1v) is 6.35. The van der Waals surface area contributed by atoms with E-state index in [2.05, 4.69) is 19.1 Å². The van der Waals surface area contributed by atoms with Crippen LogP contribution in [0.3, 0.4) is 0 Å². The molecule has 0 spiro atoms. The summed E-state index contributed by atoms with van der Waals surface area (Å²) < 4.78 is 11.5. The van der Waals surface area contributed by atoms with Crippen molar-refractivity contribution >= 4 is 11.0 Å². The lowest BCUT2D eigenvalue weighted by atomic mass is 10.1. The fourth-order valence-electron chi connectivity index (χ4n) is 2.18. The van der Waals surface area contributed by atoms with Crippen molar-refractivity contribution in [2.24, 2.45) is 0 Å². The average Bonchev–Trinajstić information content (AvgIpc) is 2.95. The van der Waals surface area contributed by atoms with Crippen molar-refractivity contribution in [1.29, 1.82) is 0 Å². The Bertz CT molecular complexity index is 655. The van der Waals surface area contributed by atoms with Gasteiger partial charge in [-0.05, 0) is 37.1 Å². The molecule has 3 aromatic rings. The molecule has 19 heavy (non-hydrogen) atoms. The molecule has 0 aliphatic heterocycles. The Hall–Kier alpha value is -2.22. The largest absolute Gasteiger partial charge is 0.485 e. The van der Waals surface area contributed by atoms with E-state index in [1.165, 1.54) is 0 Å². The summed E-state index contributed by atoms with van der Waals surface area (Å²) in [5, 5.41) is 0.997. The quantitative estimate of drug-likeness (QED) is 0.666. The van der Waals surface area contributed by atoms with Gasteiger partial charge in [0.2, 0.25) is 0 Å². The Morgan fingerprint density at radius 1 is 1.00 bits per heavy atom. The molecule has 0 unspecified atom stereocenters. The zero-order valence-corrected chi connectivity index (χ0v) is 10.6. The molecular formula is C17H15O2. The van der Waals surface area contributed by atoms with Crippen LogP contribution in [-0.4, -0.2) is 0 Å². The van der Waals surface area contributed by atoms with Crippen molar-refractivity contribution < 1.29 is 9.15 Å². The van der Waals surface area contributed by atoms with E-state index in [-0.39, 0.29) is 6.10 Å². The first-order valence-electron chi connectivity index (χ1n) is 6.35. The SMILES string of the molecule is [CH2]C[C@H](Oc1cccc2occc12)c1ccccc1. The van der Waals surface area contributed by atoms with Crippen LogP contribution in [0.1, 0.15) is 18.1 Å². The van der Waals surface area contributed by atoms with Gasteiger partial charge in [-0.15, -0.1) is 0 Å². The highest BCUT2D eigenvalue weighted by molar-refractivity contribution is 5.83. The van der Waals surface area contributed by atoms with E-state index in [9.17, 15) is 0 Å². The van der Waals surface area contributed by atoms with Crippen molar-refractivity contribution in [1.82, 2.24) is 0 Å². The Morgan fingerprint density at radius 3 is 2.63 bits per heavy atom. The third-order valence-corrected chi connectivity index (χ3v) is 3.16. The van der Waals surface area contributed by atoms with Gasteiger partial charge < -0.3 is 9.15 Å². The van der Waals surface area contributed by atoms with Crippen molar-refractivity contribution in [3.05, 3.63) is 73.3 Å². The van der Waals surface area contributed by atoms with Gasteiger partial charge in [0.25, 0.3) is 0 Å². The highest BCUT2D eigenvalue weighted by atomic mass is 16.5. The van der Waals surface area contributed by atoms with Gasteiger partial charge in [0.05, 0.1) is 11.6 Å². The number of hydrogen-bond donors (Lipinski definition) is 0. The molecule has 0 fully saturated rings. The number of ether oxygens (including phenoxy) is 1. The van der Waals surface area contributed by atoms with Gasteiger partial charge in [-0.2, -0.15) is 0 Å². The van der Waals surface area contributed by atoms with Gasteiger partial charge >= 0.3 is 0 Å². The topological polar surface area (TPSA) is 22.4 Å². The molecule has 0 amide bonds. The third kappa shape index (κ3) is 2.34. The summed E-state index contributed by atoms with van der Waals surface area (Å²) >= 11 is 0. The highest BCUT2D eigenvalue weighted by Crippen LogP contribution is 2.31. The van der Waals surface area contributed by atoms with E-state index in [4.69, 9.17) is 9.15 Å². The monoisotopic (exact) mass is 251 g/mol. The summed E-state index contributed by atoms with van der Waals surface area (Å²) in [5.74, 6) is 0.837. The molecular weight excluding hydrogens is 236 g/mol. The zero-order valence-electron chi connectivity index (χ0n) is 10.6. The number of furan rings is 1. The van der Waals surface area contributed by atoms with E-state index >= 15 is 0 Å². The molecule has 1 aromatic heterocycles. The van der Waals surface area contributed by atoms with E-state index < -0.39 is 0 Å². The molecule has 0 bridgehead atoms. The summed E-state index contributed by atoms with van der Waals surface area (Å²) in [6.45, 7) is 3.98. The second-order valence-electron chi connectivity index (χ2n) is 4.39.